The van der Waals surface area contributed by atoms with E-state index in [2.05, 4.69) is 6.08 Å². The summed E-state index contributed by atoms with van der Waals surface area (Å²) in [7, 11) is 0. The molecule has 0 aliphatic carbocycles. The van der Waals surface area contributed by atoms with Crippen LogP contribution in [0.4, 0.5) is 4.79 Å². The fraction of sp³-hybridized carbons (Fsp3) is 0.733. The number of likely N-dealkylation sites (tertiary alicyclic amines) is 1. The van der Waals surface area contributed by atoms with Crippen LogP contribution in [0.15, 0.2) is 11.6 Å². The minimum absolute atomic E-state index is 0.106. The van der Waals surface area contributed by atoms with Crippen molar-refractivity contribution >= 4 is 12.0 Å². The van der Waals surface area contributed by atoms with Gasteiger partial charge < -0.3 is 14.9 Å². The normalized spacial score (nSPS) is 26.6. The van der Waals surface area contributed by atoms with Crippen LogP contribution in [0.25, 0.3) is 0 Å². The lowest BCUT2D eigenvalue weighted by Gasteiger charge is -2.39. The van der Waals surface area contributed by atoms with E-state index in [1.165, 1.54) is 5.57 Å². The van der Waals surface area contributed by atoms with Gasteiger partial charge in [0, 0.05) is 19.6 Å². The van der Waals surface area contributed by atoms with Gasteiger partial charge in [0.15, 0.2) is 0 Å². The highest BCUT2D eigenvalue weighted by Crippen LogP contribution is 2.35. The zero-order chi connectivity index (χ0) is 14.8. The van der Waals surface area contributed by atoms with Gasteiger partial charge in [-0.2, -0.15) is 0 Å². The van der Waals surface area contributed by atoms with E-state index in [1.807, 2.05) is 13.8 Å². The van der Waals surface area contributed by atoms with Crippen molar-refractivity contribution in [1.82, 2.24) is 9.80 Å². The largest absolute Gasteiger partial charge is 0.479 e. The van der Waals surface area contributed by atoms with Crippen LogP contribution in [0.5, 0.6) is 0 Å². The number of hydrogen-bond acceptors (Lipinski definition) is 2. The van der Waals surface area contributed by atoms with Gasteiger partial charge in [0.05, 0.1) is 0 Å². The lowest BCUT2D eigenvalue weighted by molar-refractivity contribution is -0.148. The topological polar surface area (TPSA) is 60.9 Å². The number of urea groups is 1. The van der Waals surface area contributed by atoms with Gasteiger partial charge in [-0.1, -0.05) is 25.0 Å². The Bertz CT molecular complexity index is 433. The van der Waals surface area contributed by atoms with Gasteiger partial charge in [-0.3, -0.25) is 0 Å². The number of carbonyl (C=O) groups is 2. The lowest BCUT2D eigenvalue weighted by atomic mass is 9.91. The molecule has 5 heteroatoms. The fourth-order valence-corrected chi connectivity index (χ4v) is 3.41. The van der Waals surface area contributed by atoms with Crippen LogP contribution < -0.4 is 0 Å². The molecule has 2 heterocycles. The molecule has 2 rings (SSSR count). The van der Waals surface area contributed by atoms with E-state index in [4.69, 9.17) is 0 Å². The molecule has 0 radical (unpaired) electrons. The Hall–Kier alpha value is -1.52. The SMILES string of the molecule is CCCC1(C(=O)O)CCCN1C(=O)N1CCC=C(C)C1. The summed E-state index contributed by atoms with van der Waals surface area (Å²) in [5.74, 6) is -0.852. The number of nitrogens with zero attached hydrogens (tertiary/aromatic N) is 2. The molecule has 0 saturated carbocycles. The molecule has 1 atom stereocenters. The highest BCUT2D eigenvalue weighted by Gasteiger charge is 2.50. The maximum absolute atomic E-state index is 12.7. The van der Waals surface area contributed by atoms with Crippen molar-refractivity contribution in [2.45, 2.75) is 51.5 Å². The maximum Gasteiger partial charge on any atom is 0.329 e. The summed E-state index contributed by atoms with van der Waals surface area (Å²) in [6, 6.07) is -0.106. The van der Waals surface area contributed by atoms with E-state index in [1.54, 1.807) is 9.80 Å². The summed E-state index contributed by atoms with van der Waals surface area (Å²) in [6.07, 6.45) is 5.67. The Kier molecular flexibility index (Phi) is 4.35. The van der Waals surface area contributed by atoms with Crippen molar-refractivity contribution in [2.75, 3.05) is 19.6 Å². The van der Waals surface area contributed by atoms with Crippen molar-refractivity contribution in [3.8, 4) is 0 Å². The van der Waals surface area contributed by atoms with Gasteiger partial charge in [-0.05, 0) is 32.6 Å². The third-order valence-corrected chi connectivity index (χ3v) is 4.38. The van der Waals surface area contributed by atoms with E-state index in [-0.39, 0.29) is 6.03 Å². The van der Waals surface area contributed by atoms with Crippen LogP contribution in [-0.4, -0.2) is 52.1 Å². The molecule has 1 fully saturated rings. The molecule has 1 N–H and O–H groups in total. The average Bonchev–Trinajstić information content (AvgIpc) is 2.83. The smallest absolute Gasteiger partial charge is 0.329 e. The van der Waals surface area contributed by atoms with E-state index in [0.29, 0.717) is 32.5 Å². The van der Waals surface area contributed by atoms with Gasteiger partial charge in [0.25, 0.3) is 0 Å². The van der Waals surface area contributed by atoms with Gasteiger partial charge in [0.1, 0.15) is 5.54 Å². The van der Waals surface area contributed by atoms with Gasteiger partial charge >= 0.3 is 12.0 Å². The highest BCUT2D eigenvalue weighted by atomic mass is 16.4. The average molecular weight is 280 g/mol. The zero-order valence-electron chi connectivity index (χ0n) is 12.4. The van der Waals surface area contributed by atoms with Crippen molar-refractivity contribution in [1.29, 1.82) is 0 Å². The summed E-state index contributed by atoms with van der Waals surface area (Å²) >= 11 is 0. The standard InChI is InChI=1S/C15H24N2O3/c1-3-7-15(13(18)19)8-5-10-17(15)14(20)16-9-4-6-12(2)11-16/h6H,3-5,7-11H2,1-2H3,(H,18,19). The van der Waals surface area contributed by atoms with Crippen LogP contribution in [0.1, 0.15) is 46.0 Å². The van der Waals surface area contributed by atoms with Crippen LogP contribution >= 0.6 is 0 Å². The first-order valence-electron chi connectivity index (χ1n) is 7.47. The molecular formula is C15H24N2O3. The van der Waals surface area contributed by atoms with Crippen LogP contribution in [0, 0.1) is 0 Å². The Morgan fingerprint density at radius 3 is 2.75 bits per heavy atom. The third kappa shape index (κ3) is 2.53. The molecule has 5 nitrogen and oxygen atoms in total. The second kappa shape index (κ2) is 5.85. The molecule has 2 aliphatic heterocycles. The first-order chi connectivity index (χ1) is 9.51. The summed E-state index contributed by atoms with van der Waals surface area (Å²) in [5.41, 5.74) is 0.196. The number of rotatable bonds is 3. The number of aliphatic carboxylic acids is 1. The number of carbonyl (C=O) groups excluding carboxylic acids is 1. The lowest BCUT2D eigenvalue weighted by Crippen LogP contribution is -2.57. The number of carboxylic acid groups (broad SMARTS) is 1. The van der Waals surface area contributed by atoms with Crippen LogP contribution in [0.3, 0.4) is 0 Å². The molecule has 2 aliphatic rings. The summed E-state index contributed by atoms with van der Waals surface area (Å²) in [6.45, 7) is 5.86. The second-order valence-corrected chi connectivity index (χ2v) is 5.89. The second-order valence-electron chi connectivity index (χ2n) is 5.89. The first-order valence-corrected chi connectivity index (χ1v) is 7.47. The van der Waals surface area contributed by atoms with E-state index >= 15 is 0 Å². The molecule has 112 valence electrons. The molecule has 1 saturated heterocycles. The highest BCUT2D eigenvalue weighted by molar-refractivity contribution is 5.87. The maximum atomic E-state index is 12.7. The van der Waals surface area contributed by atoms with E-state index < -0.39 is 11.5 Å². The number of hydrogen-bond donors (Lipinski definition) is 1. The molecule has 0 spiro atoms. The Balaban J connectivity index is 2.19. The van der Waals surface area contributed by atoms with E-state index in [9.17, 15) is 14.7 Å². The van der Waals surface area contributed by atoms with Gasteiger partial charge in [0.2, 0.25) is 0 Å². The van der Waals surface area contributed by atoms with Crippen molar-refractivity contribution in [3.63, 3.8) is 0 Å². The Labute approximate surface area is 120 Å². The summed E-state index contributed by atoms with van der Waals surface area (Å²) in [4.78, 5) is 27.8. The van der Waals surface area contributed by atoms with Crippen LogP contribution in [0.2, 0.25) is 0 Å². The van der Waals surface area contributed by atoms with Crippen molar-refractivity contribution < 1.29 is 14.7 Å². The van der Waals surface area contributed by atoms with Gasteiger partial charge in [-0.25, -0.2) is 9.59 Å². The van der Waals surface area contributed by atoms with Crippen molar-refractivity contribution in [2.24, 2.45) is 0 Å². The first kappa shape index (κ1) is 14.9. The van der Waals surface area contributed by atoms with E-state index in [0.717, 1.165) is 19.3 Å². The molecule has 1 unspecified atom stereocenters. The molecule has 0 aromatic rings. The molecular weight excluding hydrogens is 256 g/mol. The molecule has 2 amide bonds. The predicted octanol–water partition coefficient (Wildman–Crippen LogP) is 2.48. The molecule has 20 heavy (non-hydrogen) atoms. The summed E-state index contributed by atoms with van der Waals surface area (Å²) in [5, 5.41) is 9.64. The number of amides is 2. The minimum Gasteiger partial charge on any atom is -0.479 e. The predicted molar refractivity (Wildman–Crippen MR) is 76.6 cm³/mol. The molecule has 0 bridgehead atoms. The van der Waals surface area contributed by atoms with Gasteiger partial charge in [-0.15, -0.1) is 0 Å². The number of carboxylic acids is 1. The monoisotopic (exact) mass is 280 g/mol. The van der Waals surface area contributed by atoms with Crippen molar-refractivity contribution in [3.05, 3.63) is 11.6 Å². The Morgan fingerprint density at radius 1 is 1.40 bits per heavy atom. The zero-order valence-corrected chi connectivity index (χ0v) is 12.4. The fourth-order valence-electron chi connectivity index (χ4n) is 3.41. The summed E-state index contributed by atoms with van der Waals surface area (Å²) < 4.78 is 0. The Morgan fingerprint density at radius 2 is 2.15 bits per heavy atom. The minimum atomic E-state index is -0.985. The van der Waals surface area contributed by atoms with Crippen LogP contribution in [-0.2, 0) is 4.79 Å². The molecule has 0 aromatic heterocycles. The third-order valence-electron chi connectivity index (χ3n) is 4.38. The molecule has 0 aromatic carbocycles. The quantitative estimate of drug-likeness (QED) is 0.808.